The van der Waals surface area contributed by atoms with Crippen molar-refractivity contribution in [2.24, 2.45) is 0 Å². The Morgan fingerprint density at radius 2 is 1.93 bits per heavy atom. The highest BCUT2D eigenvalue weighted by atomic mass is 16.5. The average Bonchev–Trinajstić information content (AvgIpc) is 3.32. The Hall–Kier alpha value is -2.64. The first-order valence-electron chi connectivity index (χ1n) is 10.0. The lowest BCUT2D eigenvalue weighted by molar-refractivity contribution is -0.133. The van der Waals surface area contributed by atoms with Crippen LogP contribution in [-0.2, 0) is 16.1 Å². The Labute approximate surface area is 169 Å². The van der Waals surface area contributed by atoms with E-state index in [1.165, 1.54) is 5.56 Å². The Morgan fingerprint density at radius 3 is 2.62 bits per heavy atom. The fourth-order valence-electron chi connectivity index (χ4n) is 4.30. The second-order valence-corrected chi connectivity index (χ2v) is 7.86. The van der Waals surface area contributed by atoms with E-state index in [9.17, 15) is 14.7 Å². The number of benzene rings is 1. The maximum Gasteiger partial charge on any atom is 0.325 e. The van der Waals surface area contributed by atoms with E-state index in [1.807, 2.05) is 18.2 Å². The number of carbonyl (C=O) groups excluding carboxylic acids is 2. The van der Waals surface area contributed by atoms with Crippen LogP contribution in [0, 0.1) is 0 Å². The van der Waals surface area contributed by atoms with Crippen molar-refractivity contribution < 1.29 is 23.8 Å². The zero-order valence-electron chi connectivity index (χ0n) is 16.3. The second kappa shape index (κ2) is 8.39. The van der Waals surface area contributed by atoms with Crippen LogP contribution in [0.3, 0.4) is 0 Å². The van der Waals surface area contributed by atoms with E-state index in [2.05, 4.69) is 17.4 Å². The molecule has 2 aromatic rings. The quantitative estimate of drug-likeness (QED) is 0.700. The molecule has 2 N–H and O–H groups in total. The van der Waals surface area contributed by atoms with Crippen molar-refractivity contribution >= 4 is 11.9 Å². The predicted octanol–water partition coefficient (Wildman–Crippen LogP) is 2.81. The Morgan fingerprint density at radius 1 is 1.17 bits per heavy atom. The van der Waals surface area contributed by atoms with Gasteiger partial charge < -0.3 is 19.6 Å². The minimum Gasteiger partial charge on any atom is -0.467 e. The highest BCUT2D eigenvalue weighted by molar-refractivity contribution is 6.07. The zero-order valence-corrected chi connectivity index (χ0v) is 16.3. The van der Waals surface area contributed by atoms with Gasteiger partial charge in [-0.1, -0.05) is 30.3 Å². The van der Waals surface area contributed by atoms with Gasteiger partial charge in [0.1, 0.15) is 17.9 Å². The zero-order chi connectivity index (χ0) is 20.3. The summed E-state index contributed by atoms with van der Waals surface area (Å²) >= 11 is 0. The van der Waals surface area contributed by atoms with Gasteiger partial charge in [-0.3, -0.25) is 9.69 Å². The van der Waals surface area contributed by atoms with Crippen LogP contribution in [0.1, 0.15) is 42.9 Å². The molecule has 7 heteroatoms. The Kier molecular flexibility index (Phi) is 5.69. The van der Waals surface area contributed by atoms with Crippen molar-refractivity contribution in [1.82, 2.24) is 10.2 Å². The van der Waals surface area contributed by atoms with Gasteiger partial charge >= 0.3 is 6.03 Å². The number of furan rings is 1. The lowest BCUT2D eigenvalue weighted by Gasteiger charge is -2.35. The number of ether oxygens (including phenoxy) is 1. The summed E-state index contributed by atoms with van der Waals surface area (Å²) in [5.41, 5.74) is 0.442. The summed E-state index contributed by atoms with van der Waals surface area (Å²) in [6.45, 7) is 0.169. The van der Waals surface area contributed by atoms with Gasteiger partial charge in [-0.05, 0) is 49.3 Å². The van der Waals surface area contributed by atoms with Crippen molar-refractivity contribution in [2.75, 3.05) is 13.2 Å². The smallest absolute Gasteiger partial charge is 0.325 e. The maximum atomic E-state index is 13.0. The highest BCUT2D eigenvalue weighted by Crippen LogP contribution is 2.40. The molecule has 1 aromatic carbocycles. The first-order chi connectivity index (χ1) is 14.1. The molecule has 1 aromatic heterocycles. The third-order valence-electron chi connectivity index (χ3n) is 5.88. The molecule has 0 radical (unpaired) electrons. The first-order valence-corrected chi connectivity index (χ1v) is 10.0. The van der Waals surface area contributed by atoms with Crippen LogP contribution in [0.4, 0.5) is 4.79 Å². The molecule has 1 aliphatic heterocycles. The van der Waals surface area contributed by atoms with Crippen molar-refractivity contribution in [3.63, 3.8) is 0 Å². The van der Waals surface area contributed by atoms with E-state index in [1.54, 1.807) is 18.4 Å². The number of nitrogens with zero attached hydrogens (tertiary/aromatic N) is 1. The number of urea groups is 1. The first kappa shape index (κ1) is 19.7. The largest absolute Gasteiger partial charge is 0.467 e. The van der Waals surface area contributed by atoms with Crippen LogP contribution in [0.15, 0.2) is 53.1 Å². The fourth-order valence-corrected chi connectivity index (χ4v) is 4.30. The van der Waals surface area contributed by atoms with Gasteiger partial charge in [0.2, 0.25) is 0 Å². The lowest BCUT2D eigenvalue weighted by Crippen LogP contribution is -2.49. The van der Waals surface area contributed by atoms with Crippen molar-refractivity contribution in [3.8, 4) is 0 Å². The van der Waals surface area contributed by atoms with Gasteiger partial charge in [-0.2, -0.15) is 0 Å². The molecule has 2 aliphatic rings. The van der Waals surface area contributed by atoms with Gasteiger partial charge in [0.25, 0.3) is 5.91 Å². The number of β-amino-alcohol motifs (C(OH)–C–C–N with tert-alkyl or cyclic N) is 1. The number of nitrogens with one attached hydrogen (secondary N) is 1. The number of amides is 3. The average molecular weight is 398 g/mol. The second-order valence-electron chi connectivity index (χ2n) is 7.86. The molecule has 3 amide bonds. The summed E-state index contributed by atoms with van der Waals surface area (Å²) in [6, 6.07) is 13.4. The fraction of sp³-hybridized carbons (Fsp3) is 0.455. The predicted molar refractivity (Wildman–Crippen MR) is 105 cm³/mol. The number of hydrogen-bond donors (Lipinski definition) is 2. The topological polar surface area (TPSA) is 92.0 Å². The molecule has 1 unspecified atom stereocenters. The lowest BCUT2D eigenvalue weighted by atomic mass is 9.74. The SMILES string of the molecule is O=C1NC2(CCC(c3ccccc3)CC2)C(=O)N1CC(O)COCc1ccco1. The molecule has 1 aliphatic carbocycles. The maximum absolute atomic E-state index is 13.0. The van der Waals surface area contributed by atoms with Crippen molar-refractivity contribution in [1.29, 1.82) is 0 Å². The molecule has 1 saturated heterocycles. The monoisotopic (exact) mass is 398 g/mol. The molecule has 2 fully saturated rings. The molecule has 1 saturated carbocycles. The minimum atomic E-state index is -0.949. The Bertz CT molecular complexity index is 828. The van der Waals surface area contributed by atoms with Crippen LogP contribution in [-0.4, -0.2) is 46.7 Å². The molecular formula is C22H26N2O5. The summed E-state index contributed by atoms with van der Waals surface area (Å²) in [4.78, 5) is 26.6. The van der Waals surface area contributed by atoms with E-state index in [4.69, 9.17) is 9.15 Å². The summed E-state index contributed by atoms with van der Waals surface area (Å²) in [6.07, 6.45) is 3.51. The summed E-state index contributed by atoms with van der Waals surface area (Å²) in [5, 5.41) is 13.1. The summed E-state index contributed by atoms with van der Waals surface area (Å²) in [5.74, 6) is 0.821. The van der Waals surface area contributed by atoms with E-state index in [0.717, 1.165) is 17.7 Å². The van der Waals surface area contributed by atoms with E-state index >= 15 is 0 Å². The van der Waals surface area contributed by atoms with Crippen LogP contribution in [0.25, 0.3) is 0 Å². The standard InChI is InChI=1S/C22H26N2O5/c25-18(14-28-15-19-7-4-12-29-19)13-24-20(26)22(23-21(24)27)10-8-17(9-11-22)16-5-2-1-3-6-16/h1-7,12,17-18,25H,8-11,13-15H2,(H,23,27). The van der Waals surface area contributed by atoms with Crippen LogP contribution in [0.2, 0.25) is 0 Å². The van der Waals surface area contributed by atoms with Gasteiger partial charge in [0.15, 0.2) is 0 Å². The van der Waals surface area contributed by atoms with Crippen molar-refractivity contribution in [3.05, 3.63) is 60.1 Å². The minimum absolute atomic E-state index is 0.0147. The van der Waals surface area contributed by atoms with Crippen molar-refractivity contribution in [2.45, 2.75) is 49.9 Å². The molecule has 7 nitrogen and oxygen atoms in total. The molecule has 4 rings (SSSR count). The molecule has 1 atom stereocenters. The van der Waals surface area contributed by atoms with Crippen LogP contribution in [0.5, 0.6) is 0 Å². The molecule has 0 bridgehead atoms. The molecule has 2 heterocycles. The van der Waals surface area contributed by atoms with Gasteiger partial charge in [0.05, 0.1) is 25.5 Å². The number of aliphatic hydroxyl groups excluding tert-OH is 1. The normalized spacial score (nSPS) is 25.4. The van der Waals surface area contributed by atoms with Gasteiger partial charge in [-0.25, -0.2) is 4.79 Å². The number of imide groups is 1. The van der Waals surface area contributed by atoms with E-state index in [0.29, 0.717) is 24.5 Å². The van der Waals surface area contributed by atoms with Gasteiger partial charge in [0, 0.05) is 0 Å². The van der Waals surface area contributed by atoms with Gasteiger partial charge in [-0.15, -0.1) is 0 Å². The molecule has 1 spiro atoms. The molecule has 154 valence electrons. The summed E-state index contributed by atoms with van der Waals surface area (Å²) < 4.78 is 10.6. The third-order valence-corrected chi connectivity index (χ3v) is 5.88. The summed E-state index contributed by atoms with van der Waals surface area (Å²) in [7, 11) is 0. The number of hydrogen-bond acceptors (Lipinski definition) is 5. The number of carbonyl (C=O) groups is 2. The number of rotatable bonds is 7. The molecule has 29 heavy (non-hydrogen) atoms. The van der Waals surface area contributed by atoms with E-state index < -0.39 is 17.7 Å². The van der Waals surface area contributed by atoms with Crippen LogP contribution >= 0.6 is 0 Å². The number of aliphatic hydroxyl groups is 1. The highest BCUT2D eigenvalue weighted by Gasteiger charge is 2.52. The van der Waals surface area contributed by atoms with Crippen LogP contribution < -0.4 is 5.32 Å². The third kappa shape index (κ3) is 4.21. The van der Waals surface area contributed by atoms with E-state index in [-0.39, 0.29) is 25.7 Å². The molecular weight excluding hydrogens is 372 g/mol. The Balaban J connectivity index is 1.30.